The Hall–Kier alpha value is -1.69. The van der Waals surface area contributed by atoms with Gasteiger partial charge in [-0.1, -0.05) is 0 Å². The van der Waals surface area contributed by atoms with Crippen LogP contribution < -0.4 is 11.1 Å². The van der Waals surface area contributed by atoms with Crippen molar-refractivity contribution < 1.29 is 4.74 Å². The van der Waals surface area contributed by atoms with Gasteiger partial charge in [-0.2, -0.15) is 0 Å². The first-order chi connectivity index (χ1) is 8.63. The van der Waals surface area contributed by atoms with Crippen LogP contribution in [0, 0.1) is 13.8 Å². The predicted octanol–water partition coefficient (Wildman–Crippen LogP) is 0.999. The first-order valence-corrected chi connectivity index (χ1v) is 6.14. The smallest absolute Gasteiger partial charge is 0.229 e. The van der Waals surface area contributed by atoms with Gasteiger partial charge in [0.25, 0.3) is 0 Å². The number of nitrogens with one attached hydrogen (secondary N) is 1. The predicted molar refractivity (Wildman–Crippen MR) is 70.6 cm³/mol. The molecule has 98 valence electrons. The number of guanidine groups is 1. The van der Waals surface area contributed by atoms with Gasteiger partial charge in [0.1, 0.15) is 0 Å². The third-order valence-corrected chi connectivity index (χ3v) is 2.71. The number of hydrogen-bond acceptors (Lipinski definition) is 4. The Morgan fingerprint density at radius 2 is 2.22 bits per heavy atom. The summed E-state index contributed by atoms with van der Waals surface area (Å²) < 4.78 is 5.47. The second-order valence-corrected chi connectivity index (χ2v) is 4.46. The van der Waals surface area contributed by atoms with Crippen molar-refractivity contribution in [1.82, 2.24) is 9.97 Å². The first-order valence-electron chi connectivity index (χ1n) is 6.14. The highest BCUT2D eigenvalue weighted by Gasteiger charge is 2.14. The van der Waals surface area contributed by atoms with Gasteiger partial charge in [0, 0.05) is 18.0 Å². The molecule has 1 aromatic heterocycles. The van der Waals surface area contributed by atoms with Gasteiger partial charge >= 0.3 is 0 Å². The van der Waals surface area contributed by atoms with Crippen molar-refractivity contribution in [3.63, 3.8) is 0 Å². The van der Waals surface area contributed by atoms with Crippen molar-refractivity contribution >= 4 is 11.9 Å². The molecule has 0 unspecified atom stereocenters. The van der Waals surface area contributed by atoms with Crippen molar-refractivity contribution in [2.75, 3.05) is 18.5 Å². The Morgan fingerprint density at radius 1 is 1.50 bits per heavy atom. The third-order valence-electron chi connectivity index (χ3n) is 2.71. The van der Waals surface area contributed by atoms with E-state index in [2.05, 4.69) is 20.3 Å². The molecule has 2 heterocycles. The van der Waals surface area contributed by atoms with Gasteiger partial charge in [0.15, 0.2) is 5.96 Å². The van der Waals surface area contributed by atoms with Crippen LogP contribution in [0.25, 0.3) is 0 Å². The topological polar surface area (TPSA) is 85.4 Å². The number of aryl methyl sites for hydroxylation is 2. The molecule has 0 bridgehead atoms. The minimum atomic E-state index is 0.200. The lowest BCUT2D eigenvalue weighted by Crippen LogP contribution is -2.26. The van der Waals surface area contributed by atoms with E-state index in [4.69, 9.17) is 10.5 Å². The molecule has 3 N–H and O–H groups in total. The highest BCUT2D eigenvalue weighted by Crippen LogP contribution is 2.11. The van der Waals surface area contributed by atoms with E-state index in [9.17, 15) is 0 Å². The van der Waals surface area contributed by atoms with Crippen molar-refractivity contribution in [1.29, 1.82) is 0 Å². The van der Waals surface area contributed by atoms with Gasteiger partial charge in [-0.15, -0.1) is 0 Å². The molecular weight excluding hydrogens is 230 g/mol. The third kappa shape index (κ3) is 3.66. The maximum Gasteiger partial charge on any atom is 0.229 e. The van der Waals surface area contributed by atoms with Crippen LogP contribution in [0.2, 0.25) is 0 Å². The molecule has 0 aliphatic carbocycles. The highest BCUT2D eigenvalue weighted by molar-refractivity contribution is 5.90. The standard InChI is InChI=1S/C12H19N5O/c1-8-6-9(2)16-12(15-8)17-11(13)14-7-10-4-3-5-18-10/h6,10H,3-5,7H2,1-2H3,(H3,13,14,15,16,17)/t10-/m0/s1. The van der Waals surface area contributed by atoms with Crippen molar-refractivity contribution in [2.45, 2.75) is 32.8 Å². The van der Waals surface area contributed by atoms with E-state index in [0.29, 0.717) is 18.5 Å². The van der Waals surface area contributed by atoms with E-state index < -0.39 is 0 Å². The normalized spacial score (nSPS) is 20.1. The summed E-state index contributed by atoms with van der Waals surface area (Å²) in [6.45, 7) is 5.25. The number of aliphatic imine (C=N–C) groups is 1. The van der Waals surface area contributed by atoms with Crippen LogP contribution in [-0.2, 0) is 4.74 Å². The minimum absolute atomic E-state index is 0.200. The number of nitrogens with zero attached hydrogens (tertiary/aromatic N) is 3. The Morgan fingerprint density at radius 3 is 2.83 bits per heavy atom. The summed E-state index contributed by atoms with van der Waals surface area (Å²) in [6.07, 6.45) is 2.36. The van der Waals surface area contributed by atoms with Gasteiger partial charge in [-0.05, 0) is 32.8 Å². The molecule has 6 heteroatoms. The molecule has 1 aromatic rings. The maximum absolute atomic E-state index is 5.79. The van der Waals surface area contributed by atoms with Gasteiger partial charge in [0.05, 0.1) is 12.6 Å². The molecule has 0 aromatic carbocycles. The van der Waals surface area contributed by atoms with E-state index >= 15 is 0 Å². The summed E-state index contributed by atoms with van der Waals surface area (Å²) >= 11 is 0. The number of nitrogens with two attached hydrogens (primary N) is 1. The van der Waals surface area contributed by atoms with Crippen molar-refractivity contribution in [2.24, 2.45) is 10.7 Å². The molecule has 1 aliphatic rings. The Labute approximate surface area is 107 Å². The summed E-state index contributed by atoms with van der Waals surface area (Å²) in [4.78, 5) is 12.7. The van der Waals surface area contributed by atoms with E-state index in [-0.39, 0.29) is 6.10 Å². The second-order valence-electron chi connectivity index (χ2n) is 4.46. The molecule has 18 heavy (non-hydrogen) atoms. The summed E-state index contributed by atoms with van der Waals surface area (Å²) in [5.41, 5.74) is 7.59. The van der Waals surface area contributed by atoms with Crippen molar-refractivity contribution in [3.05, 3.63) is 17.5 Å². The summed E-state index contributed by atoms with van der Waals surface area (Å²) in [7, 11) is 0. The molecule has 6 nitrogen and oxygen atoms in total. The number of rotatable bonds is 3. The quantitative estimate of drug-likeness (QED) is 0.616. The number of hydrogen-bond donors (Lipinski definition) is 2. The van der Waals surface area contributed by atoms with E-state index in [1.165, 1.54) is 0 Å². The van der Waals surface area contributed by atoms with Gasteiger partial charge in [-0.25, -0.2) is 9.97 Å². The van der Waals surface area contributed by atoms with Crippen LogP contribution in [0.3, 0.4) is 0 Å². The lowest BCUT2D eigenvalue weighted by molar-refractivity contribution is 0.118. The average molecular weight is 249 g/mol. The maximum atomic E-state index is 5.79. The molecular formula is C12H19N5O. The summed E-state index contributed by atoms with van der Waals surface area (Å²) in [6, 6.07) is 1.91. The van der Waals surface area contributed by atoms with Crippen molar-refractivity contribution in [3.8, 4) is 0 Å². The zero-order valence-electron chi connectivity index (χ0n) is 10.8. The van der Waals surface area contributed by atoms with Gasteiger partial charge in [-0.3, -0.25) is 10.3 Å². The van der Waals surface area contributed by atoms with Crippen LogP contribution in [0.5, 0.6) is 0 Å². The second kappa shape index (κ2) is 5.77. The Balaban J connectivity index is 1.92. The monoisotopic (exact) mass is 249 g/mol. The lowest BCUT2D eigenvalue weighted by atomic mass is 10.2. The molecule has 1 fully saturated rings. The zero-order valence-corrected chi connectivity index (χ0v) is 10.8. The Bertz CT molecular complexity index is 420. The number of aromatic nitrogens is 2. The summed E-state index contributed by atoms with van der Waals surface area (Å²) in [5, 5.41) is 2.90. The molecule has 1 atom stereocenters. The zero-order chi connectivity index (χ0) is 13.0. The van der Waals surface area contributed by atoms with E-state index in [1.807, 2.05) is 19.9 Å². The average Bonchev–Trinajstić information content (AvgIpc) is 2.77. The van der Waals surface area contributed by atoms with E-state index in [1.54, 1.807) is 0 Å². The highest BCUT2D eigenvalue weighted by atomic mass is 16.5. The summed E-state index contributed by atoms with van der Waals surface area (Å²) in [5.74, 6) is 0.816. The van der Waals surface area contributed by atoms with Crippen LogP contribution in [-0.4, -0.2) is 35.2 Å². The number of anilines is 1. The lowest BCUT2D eigenvalue weighted by Gasteiger charge is -2.08. The SMILES string of the molecule is Cc1cc(C)nc(NC(N)=NC[C@@H]2CCCO2)n1. The van der Waals surface area contributed by atoms with E-state index in [0.717, 1.165) is 30.8 Å². The molecule has 0 saturated carbocycles. The molecule has 0 spiro atoms. The number of ether oxygens (including phenoxy) is 1. The molecule has 0 radical (unpaired) electrons. The van der Waals surface area contributed by atoms with Crippen LogP contribution >= 0.6 is 0 Å². The Kier molecular flexibility index (Phi) is 4.09. The molecule has 1 saturated heterocycles. The van der Waals surface area contributed by atoms with Crippen LogP contribution in [0.1, 0.15) is 24.2 Å². The minimum Gasteiger partial charge on any atom is -0.376 e. The molecule has 2 rings (SSSR count). The van der Waals surface area contributed by atoms with Crippen LogP contribution in [0.15, 0.2) is 11.1 Å². The molecule has 1 aliphatic heterocycles. The first kappa shape index (κ1) is 12.8. The van der Waals surface area contributed by atoms with Gasteiger partial charge in [0.2, 0.25) is 5.95 Å². The largest absolute Gasteiger partial charge is 0.376 e. The molecule has 0 amide bonds. The fourth-order valence-electron chi connectivity index (χ4n) is 1.92. The fourth-order valence-corrected chi connectivity index (χ4v) is 1.92. The van der Waals surface area contributed by atoms with Crippen LogP contribution in [0.4, 0.5) is 5.95 Å². The fraction of sp³-hybridized carbons (Fsp3) is 0.583. The van der Waals surface area contributed by atoms with Gasteiger partial charge < -0.3 is 10.5 Å².